The predicted octanol–water partition coefficient (Wildman–Crippen LogP) is 2.73. The van der Waals surface area contributed by atoms with E-state index in [1.54, 1.807) is 6.07 Å². The Morgan fingerprint density at radius 2 is 2.25 bits per heavy atom. The highest BCUT2D eigenvalue weighted by Crippen LogP contribution is 2.27. The molecule has 0 aliphatic carbocycles. The van der Waals surface area contributed by atoms with E-state index in [0.29, 0.717) is 32.5 Å². The van der Waals surface area contributed by atoms with E-state index in [1.807, 2.05) is 0 Å². The van der Waals surface area contributed by atoms with Crippen LogP contribution in [-0.2, 0) is 5.75 Å². The normalized spacial score (nSPS) is 11.1. The molecule has 2 N–H and O–H groups in total. The van der Waals surface area contributed by atoms with Crippen molar-refractivity contribution < 1.29 is 4.39 Å². The Hall–Kier alpha value is -1.86. The van der Waals surface area contributed by atoms with Gasteiger partial charge in [-0.05, 0) is 23.8 Å². The Bertz CT molecular complexity index is 832. The molecule has 0 aliphatic heterocycles. The van der Waals surface area contributed by atoms with Gasteiger partial charge in [0.1, 0.15) is 16.4 Å². The number of imidazole rings is 1. The maximum Gasteiger partial charge on any atom is 0.347 e. The molecule has 102 valence electrons. The highest BCUT2D eigenvalue weighted by molar-refractivity contribution is 7.98. The molecule has 3 rings (SSSR count). The monoisotopic (exact) mass is 310 g/mol. The van der Waals surface area contributed by atoms with Crippen LogP contribution in [0.1, 0.15) is 5.56 Å². The SMILES string of the molecule is O=c1nc(SCc2cc(Cl)ccc2F)c2[nH]cnc2[nH]1. The van der Waals surface area contributed by atoms with Crippen LogP contribution in [0.4, 0.5) is 4.39 Å². The summed E-state index contributed by atoms with van der Waals surface area (Å²) in [6.07, 6.45) is 1.46. The van der Waals surface area contributed by atoms with Gasteiger partial charge in [0, 0.05) is 10.8 Å². The molecule has 1 aromatic carbocycles. The van der Waals surface area contributed by atoms with E-state index in [4.69, 9.17) is 11.6 Å². The quantitative estimate of drug-likeness (QED) is 0.576. The molecule has 2 heterocycles. The van der Waals surface area contributed by atoms with Gasteiger partial charge in [-0.25, -0.2) is 14.2 Å². The zero-order chi connectivity index (χ0) is 14.1. The Labute approximate surface area is 121 Å². The van der Waals surface area contributed by atoms with Crippen molar-refractivity contribution in [2.45, 2.75) is 10.8 Å². The Morgan fingerprint density at radius 1 is 1.40 bits per heavy atom. The number of nitrogens with zero attached hydrogens (tertiary/aromatic N) is 2. The molecule has 20 heavy (non-hydrogen) atoms. The predicted molar refractivity (Wildman–Crippen MR) is 75.5 cm³/mol. The first kappa shape index (κ1) is 13.1. The molecule has 0 aliphatic rings. The van der Waals surface area contributed by atoms with Crippen LogP contribution in [0.15, 0.2) is 34.3 Å². The lowest BCUT2D eigenvalue weighted by atomic mass is 10.2. The van der Waals surface area contributed by atoms with E-state index in [2.05, 4.69) is 19.9 Å². The van der Waals surface area contributed by atoms with Crippen molar-refractivity contribution in [3.8, 4) is 0 Å². The van der Waals surface area contributed by atoms with E-state index in [0.717, 1.165) is 0 Å². The number of rotatable bonds is 3. The topological polar surface area (TPSA) is 74.4 Å². The highest BCUT2D eigenvalue weighted by atomic mass is 35.5. The molecule has 2 aromatic heterocycles. The number of fused-ring (bicyclic) bond motifs is 1. The van der Waals surface area contributed by atoms with Gasteiger partial charge in [0.15, 0.2) is 5.65 Å². The molecule has 8 heteroatoms. The van der Waals surface area contributed by atoms with Crippen LogP contribution < -0.4 is 5.69 Å². The molecule has 3 aromatic rings. The lowest BCUT2D eigenvalue weighted by molar-refractivity contribution is 0.617. The van der Waals surface area contributed by atoms with Gasteiger partial charge >= 0.3 is 5.69 Å². The average molecular weight is 311 g/mol. The first-order valence-electron chi connectivity index (χ1n) is 5.63. The van der Waals surface area contributed by atoms with Gasteiger partial charge < -0.3 is 4.98 Å². The number of hydrogen-bond acceptors (Lipinski definition) is 4. The molecule has 0 unspecified atom stereocenters. The molecule has 0 radical (unpaired) electrons. The maximum absolute atomic E-state index is 13.6. The number of hydrogen-bond donors (Lipinski definition) is 2. The summed E-state index contributed by atoms with van der Waals surface area (Å²) >= 11 is 7.08. The smallest absolute Gasteiger partial charge is 0.341 e. The van der Waals surface area contributed by atoms with E-state index in [9.17, 15) is 9.18 Å². The van der Waals surface area contributed by atoms with Crippen molar-refractivity contribution >= 4 is 34.5 Å². The van der Waals surface area contributed by atoms with E-state index in [1.165, 1.54) is 30.2 Å². The standard InChI is InChI=1S/C12H8ClFN4OS/c13-7-1-2-8(14)6(3-7)4-20-11-9-10(16-5-15-9)17-12(19)18-11/h1-3,5H,4H2,(H2,15,16,17,18,19). The van der Waals surface area contributed by atoms with Gasteiger partial charge in [-0.3, -0.25) is 4.98 Å². The lowest BCUT2D eigenvalue weighted by Gasteiger charge is -2.04. The van der Waals surface area contributed by atoms with Gasteiger partial charge in [0.25, 0.3) is 0 Å². The molecule has 0 bridgehead atoms. The molecule has 0 amide bonds. The molecule has 0 spiro atoms. The van der Waals surface area contributed by atoms with Crippen LogP contribution in [-0.4, -0.2) is 19.9 Å². The zero-order valence-electron chi connectivity index (χ0n) is 9.98. The summed E-state index contributed by atoms with van der Waals surface area (Å²) in [5.74, 6) is -0.0238. The minimum Gasteiger partial charge on any atom is -0.341 e. The van der Waals surface area contributed by atoms with Crippen molar-refractivity contribution in [2.24, 2.45) is 0 Å². The molecular formula is C12H8ClFN4OS. The summed E-state index contributed by atoms with van der Waals surface area (Å²) in [7, 11) is 0. The third-order valence-electron chi connectivity index (χ3n) is 2.65. The van der Waals surface area contributed by atoms with Crippen molar-refractivity contribution in [3.63, 3.8) is 0 Å². The minimum absolute atomic E-state index is 0.316. The Balaban J connectivity index is 1.92. The third kappa shape index (κ3) is 2.54. The van der Waals surface area contributed by atoms with Crippen molar-refractivity contribution in [1.82, 2.24) is 19.9 Å². The number of aromatic amines is 2. The first-order chi connectivity index (χ1) is 9.63. The maximum atomic E-state index is 13.6. The van der Waals surface area contributed by atoms with Crippen molar-refractivity contribution in [1.29, 1.82) is 0 Å². The number of halogens is 2. The van der Waals surface area contributed by atoms with Gasteiger partial charge in [-0.1, -0.05) is 23.4 Å². The molecule has 5 nitrogen and oxygen atoms in total. The van der Waals surface area contributed by atoms with E-state index in [-0.39, 0.29) is 5.82 Å². The number of benzene rings is 1. The van der Waals surface area contributed by atoms with E-state index < -0.39 is 5.69 Å². The fraction of sp³-hybridized carbons (Fsp3) is 0.0833. The van der Waals surface area contributed by atoms with Crippen molar-refractivity contribution in [3.05, 3.63) is 51.4 Å². The second-order valence-electron chi connectivity index (χ2n) is 4.00. The number of nitrogens with one attached hydrogen (secondary N) is 2. The fourth-order valence-corrected chi connectivity index (χ4v) is 2.89. The van der Waals surface area contributed by atoms with Gasteiger partial charge in [-0.2, -0.15) is 4.98 Å². The summed E-state index contributed by atoms with van der Waals surface area (Å²) < 4.78 is 13.6. The second-order valence-corrected chi connectivity index (χ2v) is 5.40. The van der Waals surface area contributed by atoms with Crippen LogP contribution in [0, 0.1) is 5.82 Å². The molecular weight excluding hydrogens is 303 g/mol. The zero-order valence-corrected chi connectivity index (χ0v) is 11.6. The minimum atomic E-state index is -0.487. The average Bonchev–Trinajstić information content (AvgIpc) is 2.87. The molecule has 0 atom stereocenters. The van der Waals surface area contributed by atoms with Crippen LogP contribution in [0.3, 0.4) is 0 Å². The first-order valence-corrected chi connectivity index (χ1v) is 7.00. The van der Waals surface area contributed by atoms with Crippen molar-refractivity contribution in [2.75, 3.05) is 0 Å². The van der Waals surface area contributed by atoms with Gasteiger partial charge in [0.2, 0.25) is 0 Å². The highest BCUT2D eigenvalue weighted by Gasteiger charge is 2.10. The molecule has 0 fully saturated rings. The lowest BCUT2D eigenvalue weighted by Crippen LogP contribution is -2.11. The van der Waals surface area contributed by atoms with E-state index >= 15 is 0 Å². The number of thioether (sulfide) groups is 1. The largest absolute Gasteiger partial charge is 0.347 e. The summed E-state index contributed by atoms with van der Waals surface area (Å²) in [5, 5.41) is 0.938. The number of H-pyrrole nitrogens is 2. The summed E-state index contributed by atoms with van der Waals surface area (Å²) in [5.41, 5.74) is 1.02. The van der Waals surface area contributed by atoms with Gasteiger partial charge in [0.05, 0.1) is 6.33 Å². The second kappa shape index (κ2) is 5.26. The molecule has 0 saturated carbocycles. The summed E-state index contributed by atoms with van der Waals surface area (Å²) in [4.78, 5) is 24.6. The summed E-state index contributed by atoms with van der Waals surface area (Å²) in [6.45, 7) is 0. The van der Waals surface area contributed by atoms with Crippen LogP contribution >= 0.6 is 23.4 Å². The Kier molecular flexibility index (Phi) is 3.45. The third-order valence-corrected chi connectivity index (χ3v) is 3.91. The molecule has 0 saturated heterocycles. The van der Waals surface area contributed by atoms with Gasteiger partial charge in [-0.15, -0.1) is 0 Å². The number of aromatic nitrogens is 4. The van der Waals surface area contributed by atoms with Crippen LogP contribution in [0.5, 0.6) is 0 Å². The van der Waals surface area contributed by atoms with Crippen LogP contribution in [0.2, 0.25) is 5.02 Å². The fourth-order valence-electron chi connectivity index (χ4n) is 1.73. The summed E-state index contributed by atoms with van der Waals surface area (Å²) in [6, 6.07) is 4.36. The Morgan fingerprint density at radius 3 is 3.10 bits per heavy atom. The van der Waals surface area contributed by atoms with Crippen LogP contribution in [0.25, 0.3) is 11.2 Å².